The van der Waals surface area contributed by atoms with Crippen molar-refractivity contribution in [2.24, 2.45) is 5.92 Å². The van der Waals surface area contributed by atoms with Crippen LogP contribution in [0.4, 0.5) is 11.4 Å². The van der Waals surface area contributed by atoms with E-state index in [0.29, 0.717) is 13.0 Å². The van der Waals surface area contributed by atoms with E-state index < -0.39 is 17.0 Å². The van der Waals surface area contributed by atoms with Gasteiger partial charge in [0.05, 0.1) is 22.3 Å². The third-order valence-electron chi connectivity index (χ3n) is 5.01. The van der Waals surface area contributed by atoms with Crippen molar-refractivity contribution in [3.05, 3.63) is 47.1 Å². The minimum Gasteiger partial charge on any atom is -0.481 e. The number of benzene rings is 2. The second-order valence-electron chi connectivity index (χ2n) is 6.92. The molecule has 2 aromatic carbocycles. The number of carboxylic acid groups (broad SMARTS) is 1. The molecule has 0 amide bonds. The van der Waals surface area contributed by atoms with E-state index in [1.54, 1.807) is 0 Å². The van der Waals surface area contributed by atoms with E-state index in [1.165, 1.54) is 11.3 Å². The highest BCUT2D eigenvalue weighted by Gasteiger charge is 2.29. The van der Waals surface area contributed by atoms with Gasteiger partial charge in [0.15, 0.2) is 11.0 Å². The van der Waals surface area contributed by atoms with Crippen molar-refractivity contribution in [1.82, 2.24) is 4.98 Å². The number of aromatic nitrogens is 1. The van der Waals surface area contributed by atoms with E-state index in [0.717, 1.165) is 43.6 Å². The van der Waals surface area contributed by atoms with Crippen LogP contribution in [0.3, 0.4) is 0 Å². The summed E-state index contributed by atoms with van der Waals surface area (Å²) in [7, 11) is -1.39. The van der Waals surface area contributed by atoms with Crippen LogP contribution in [0.25, 0.3) is 10.8 Å². The summed E-state index contributed by atoms with van der Waals surface area (Å²) < 4.78 is 16.7. The Hall–Kier alpha value is -2.45. The summed E-state index contributed by atoms with van der Waals surface area (Å²) >= 11 is 1.44. The number of nitrogens with zero attached hydrogens (tertiary/aromatic N) is 2. The van der Waals surface area contributed by atoms with Crippen molar-refractivity contribution in [2.75, 3.05) is 22.7 Å². The summed E-state index contributed by atoms with van der Waals surface area (Å²) in [6.07, 6.45) is 0.650. The molecule has 0 bridgehead atoms. The molecule has 1 aliphatic heterocycles. The molecule has 1 aromatic heterocycles. The number of hydrogen-bond acceptors (Lipinski definition) is 5. The van der Waals surface area contributed by atoms with Crippen molar-refractivity contribution in [1.29, 1.82) is 0 Å². The van der Waals surface area contributed by atoms with E-state index in [-0.39, 0.29) is 5.92 Å². The largest absolute Gasteiger partial charge is 0.481 e. The number of anilines is 2. The lowest BCUT2D eigenvalue weighted by molar-refractivity contribution is -0.140. The van der Waals surface area contributed by atoms with Crippen molar-refractivity contribution in [3.8, 4) is 0 Å². The quantitative estimate of drug-likeness (QED) is 0.659. The highest BCUT2D eigenvalue weighted by molar-refractivity contribution is 7.88. The van der Waals surface area contributed by atoms with Crippen LogP contribution >= 0.6 is 11.3 Å². The molecule has 0 saturated carbocycles. The average molecular weight is 416 g/mol. The van der Waals surface area contributed by atoms with Crippen LogP contribution in [-0.2, 0) is 15.8 Å². The van der Waals surface area contributed by atoms with Gasteiger partial charge in [-0.15, -0.1) is 11.3 Å². The van der Waals surface area contributed by atoms with Crippen LogP contribution in [0.2, 0.25) is 0 Å². The number of aliphatic carboxylic acids is 1. The van der Waals surface area contributed by atoms with Gasteiger partial charge in [-0.3, -0.25) is 9.52 Å². The number of hydrogen-bond donors (Lipinski definition) is 2. The Balaban J connectivity index is 1.67. The molecular weight excluding hydrogens is 394 g/mol. The maximum Gasteiger partial charge on any atom is 0.308 e. The van der Waals surface area contributed by atoms with Gasteiger partial charge in [-0.2, -0.15) is 0 Å². The number of carbonyl (C=O) groups is 1. The SMILES string of the molecule is Cc1nc(C)c(S(=O)Nc2ccc(N3CC[C@@H](C(=O)O)C3)c3ccccc23)s1. The molecule has 8 heteroatoms. The minimum absolute atomic E-state index is 0.332. The van der Waals surface area contributed by atoms with Gasteiger partial charge >= 0.3 is 5.97 Å². The average Bonchev–Trinajstić information content (AvgIpc) is 3.28. The summed E-state index contributed by atoms with van der Waals surface area (Å²) in [5.74, 6) is -1.07. The van der Waals surface area contributed by atoms with Crippen LogP contribution in [0.15, 0.2) is 40.6 Å². The first-order chi connectivity index (χ1) is 13.4. The van der Waals surface area contributed by atoms with E-state index in [4.69, 9.17) is 0 Å². The van der Waals surface area contributed by atoms with Gasteiger partial charge in [-0.25, -0.2) is 9.19 Å². The van der Waals surface area contributed by atoms with Crippen LogP contribution in [0, 0.1) is 19.8 Å². The standard InChI is InChI=1S/C20H21N3O3S2/c1-12-20(27-13(2)21-12)28(26)22-17-7-8-18(16-6-4-3-5-15(16)17)23-10-9-14(11-23)19(24)25/h3-8,14,22H,9-11H2,1-2H3,(H,24,25)/t14-,28?/m1/s1. The summed E-state index contributed by atoms with van der Waals surface area (Å²) in [6.45, 7) is 5.01. The lowest BCUT2D eigenvalue weighted by Crippen LogP contribution is -2.22. The molecule has 1 aliphatic rings. The van der Waals surface area contributed by atoms with Crippen molar-refractivity contribution >= 4 is 50.4 Å². The lowest BCUT2D eigenvalue weighted by Gasteiger charge is -2.21. The van der Waals surface area contributed by atoms with Gasteiger partial charge in [-0.1, -0.05) is 24.3 Å². The van der Waals surface area contributed by atoms with Crippen LogP contribution in [0.1, 0.15) is 17.1 Å². The molecule has 3 aromatic rings. The number of rotatable bonds is 5. The van der Waals surface area contributed by atoms with Crippen molar-refractivity contribution in [3.63, 3.8) is 0 Å². The molecule has 0 aliphatic carbocycles. The minimum atomic E-state index is -1.39. The summed E-state index contributed by atoms with van der Waals surface area (Å²) in [6, 6.07) is 11.8. The molecule has 1 fully saturated rings. The molecule has 2 N–H and O–H groups in total. The molecule has 0 radical (unpaired) electrons. The third kappa shape index (κ3) is 3.49. The van der Waals surface area contributed by atoms with Crippen molar-refractivity contribution < 1.29 is 14.1 Å². The Morgan fingerprint density at radius 3 is 2.64 bits per heavy atom. The Labute approximate surface area is 169 Å². The summed E-state index contributed by atoms with van der Waals surface area (Å²) in [5, 5.41) is 12.2. The molecule has 6 nitrogen and oxygen atoms in total. The second-order valence-corrected chi connectivity index (χ2v) is 9.54. The Kier molecular flexibility index (Phi) is 5.07. The molecule has 0 spiro atoms. The lowest BCUT2D eigenvalue weighted by atomic mass is 10.1. The summed E-state index contributed by atoms with van der Waals surface area (Å²) in [5.41, 5.74) is 2.59. The van der Waals surface area contributed by atoms with E-state index in [2.05, 4.69) is 14.6 Å². The highest BCUT2D eigenvalue weighted by atomic mass is 32.2. The number of aryl methyl sites for hydroxylation is 2. The topological polar surface area (TPSA) is 82.5 Å². The van der Waals surface area contributed by atoms with Crippen LogP contribution in [-0.4, -0.2) is 33.4 Å². The number of thiazole rings is 1. The zero-order valence-electron chi connectivity index (χ0n) is 15.6. The first-order valence-corrected chi connectivity index (χ1v) is 11.0. The molecule has 2 atom stereocenters. The predicted molar refractivity (Wildman–Crippen MR) is 114 cm³/mol. The zero-order chi connectivity index (χ0) is 19.8. The normalized spacial score (nSPS) is 17.8. The molecule has 146 valence electrons. The first kappa shape index (κ1) is 18.9. The van der Waals surface area contributed by atoms with Gasteiger partial charge in [0, 0.05) is 29.5 Å². The Morgan fingerprint density at radius 2 is 2.00 bits per heavy atom. The van der Waals surface area contributed by atoms with Crippen LogP contribution < -0.4 is 9.62 Å². The maximum atomic E-state index is 12.8. The van der Waals surface area contributed by atoms with E-state index >= 15 is 0 Å². The summed E-state index contributed by atoms with van der Waals surface area (Å²) in [4.78, 5) is 17.8. The molecular formula is C20H21N3O3S2. The molecule has 4 rings (SSSR count). The maximum absolute atomic E-state index is 12.8. The van der Waals surface area contributed by atoms with Crippen molar-refractivity contribution in [2.45, 2.75) is 24.5 Å². The number of nitrogens with one attached hydrogen (secondary N) is 1. The molecule has 1 saturated heterocycles. The molecule has 2 heterocycles. The van der Waals surface area contributed by atoms with E-state index in [9.17, 15) is 14.1 Å². The number of fused-ring (bicyclic) bond motifs is 1. The molecule has 28 heavy (non-hydrogen) atoms. The Bertz CT molecular complexity index is 1080. The van der Waals surface area contributed by atoms with Gasteiger partial charge in [0.2, 0.25) is 0 Å². The van der Waals surface area contributed by atoms with Gasteiger partial charge in [-0.05, 0) is 32.4 Å². The molecule has 1 unspecified atom stereocenters. The first-order valence-electron chi connectivity index (χ1n) is 9.06. The third-order valence-corrected chi connectivity index (χ3v) is 7.62. The fourth-order valence-electron chi connectivity index (χ4n) is 3.66. The van der Waals surface area contributed by atoms with E-state index in [1.807, 2.05) is 50.2 Å². The fourth-order valence-corrected chi connectivity index (χ4v) is 5.88. The van der Waals surface area contributed by atoms with Gasteiger partial charge in [0.25, 0.3) is 0 Å². The smallest absolute Gasteiger partial charge is 0.308 e. The van der Waals surface area contributed by atoms with Gasteiger partial charge < -0.3 is 10.0 Å². The Morgan fingerprint density at radius 1 is 1.25 bits per heavy atom. The van der Waals surface area contributed by atoms with Gasteiger partial charge in [0.1, 0.15) is 4.21 Å². The predicted octanol–water partition coefficient (Wildman–Crippen LogP) is 3.96. The fraction of sp³-hybridized carbons (Fsp3) is 0.300. The zero-order valence-corrected chi connectivity index (χ0v) is 17.3. The van der Waals surface area contributed by atoms with Crippen LogP contribution in [0.5, 0.6) is 0 Å². The second kappa shape index (κ2) is 7.52. The number of carboxylic acids is 1. The monoisotopic (exact) mass is 415 g/mol. The highest BCUT2D eigenvalue weighted by Crippen LogP contribution is 2.36.